The number of carbonyl (C=O) groups is 2. The van der Waals surface area contributed by atoms with Crippen LogP contribution >= 0.6 is 0 Å². The van der Waals surface area contributed by atoms with Crippen molar-refractivity contribution >= 4 is 11.9 Å². The lowest BCUT2D eigenvalue weighted by Gasteiger charge is -2.17. The van der Waals surface area contributed by atoms with Crippen LogP contribution in [0.1, 0.15) is 0 Å². The Morgan fingerprint density at radius 2 is 2.33 bits per heavy atom. The molecule has 66 valence electrons. The number of ether oxygens (including phenoxy) is 2. The molecule has 1 amide bonds. The summed E-state index contributed by atoms with van der Waals surface area (Å²) >= 11 is 0. The van der Waals surface area contributed by atoms with Gasteiger partial charge in [-0.2, -0.15) is 0 Å². The Kier molecular flexibility index (Phi) is 1.52. The van der Waals surface area contributed by atoms with Crippen LogP contribution in [0.2, 0.25) is 0 Å². The topological polar surface area (TPSA) is 84.9 Å². The molecule has 0 saturated carbocycles. The van der Waals surface area contributed by atoms with E-state index >= 15 is 0 Å². The third-order valence-corrected chi connectivity index (χ3v) is 1.82. The van der Waals surface area contributed by atoms with Gasteiger partial charge in [-0.15, -0.1) is 0 Å². The van der Waals surface area contributed by atoms with Gasteiger partial charge in [0.1, 0.15) is 0 Å². The summed E-state index contributed by atoms with van der Waals surface area (Å²) in [4.78, 5) is 21.5. The largest absolute Gasteiger partial charge is 0.479 e. The first-order valence-corrected chi connectivity index (χ1v) is 3.50. The fraction of sp³-hybridized carbons (Fsp3) is 0.667. The van der Waals surface area contributed by atoms with Gasteiger partial charge >= 0.3 is 5.97 Å². The van der Waals surface area contributed by atoms with Crippen molar-refractivity contribution in [1.82, 2.24) is 5.32 Å². The molecular formula is C6H7NO5. The molecule has 6 nitrogen and oxygen atoms in total. The summed E-state index contributed by atoms with van der Waals surface area (Å²) in [5, 5.41) is 11.1. The molecule has 6 heteroatoms. The molecule has 2 fully saturated rings. The molecule has 2 bridgehead atoms. The molecule has 2 aliphatic rings. The zero-order chi connectivity index (χ0) is 8.72. The van der Waals surface area contributed by atoms with Crippen molar-refractivity contribution in [2.24, 2.45) is 0 Å². The number of carbonyl (C=O) groups excluding carboxylic acids is 1. The number of aliphatic carboxylic acids is 1. The lowest BCUT2D eigenvalue weighted by atomic mass is 10.2. The van der Waals surface area contributed by atoms with Crippen molar-refractivity contribution in [3.63, 3.8) is 0 Å². The molecule has 0 aromatic rings. The number of amides is 1. The third kappa shape index (κ3) is 0.961. The maximum absolute atomic E-state index is 11.0. The predicted octanol–water partition coefficient (Wildman–Crippen LogP) is -1.69. The minimum absolute atomic E-state index is 0.221. The number of nitrogens with one attached hydrogen (secondary N) is 1. The van der Waals surface area contributed by atoms with Gasteiger partial charge < -0.3 is 19.9 Å². The summed E-state index contributed by atoms with van der Waals surface area (Å²) in [6.07, 6.45) is -2.74. The molecule has 2 N–H and O–H groups in total. The van der Waals surface area contributed by atoms with Gasteiger partial charge in [-0.3, -0.25) is 4.79 Å². The maximum Gasteiger partial charge on any atom is 0.336 e. The fourth-order valence-corrected chi connectivity index (χ4v) is 1.27. The number of morpholine rings is 1. The Morgan fingerprint density at radius 1 is 1.58 bits per heavy atom. The second kappa shape index (κ2) is 2.43. The second-order valence-corrected chi connectivity index (χ2v) is 2.63. The molecular weight excluding hydrogens is 166 g/mol. The van der Waals surface area contributed by atoms with E-state index in [2.05, 4.69) is 5.32 Å². The summed E-state index contributed by atoms with van der Waals surface area (Å²) in [6.45, 7) is 0.221. The summed E-state index contributed by atoms with van der Waals surface area (Å²) < 4.78 is 9.88. The van der Waals surface area contributed by atoms with Gasteiger partial charge in [-0.25, -0.2) is 4.79 Å². The number of fused-ring (bicyclic) bond motifs is 2. The molecule has 0 aromatic heterocycles. The van der Waals surface area contributed by atoms with E-state index in [4.69, 9.17) is 14.6 Å². The van der Waals surface area contributed by atoms with Crippen LogP contribution in [0.3, 0.4) is 0 Å². The minimum Gasteiger partial charge on any atom is -0.479 e. The molecule has 0 spiro atoms. The Balaban J connectivity index is 2.19. The van der Waals surface area contributed by atoms with E-state index in [0.29, 0.717) is 0 Å². The third-order valence-electron chi connectivity index (χ3n) is 1.82. The van der Waals surface area contributed by atoms with Crippen LogP contribution < -0.4 is 5.32 Å². The van der Waals surface area contributed by atoms with Gasteiger partial charge in [0, 0.05) is 0 Å². The van der Waals surface area contributed by atoms with E-state index in [1.54, 1.807) is 0 Å². The molecule has 2 aliphatic heterocycles. The summed E-state index contributed by atoms with van der Waals surface area (Å²) in [5.41, 5.74) is 0. The smallest absolute Gasteiger partial charge is 0.336 e. The molecule has 0 aliphatic carbocycles. The van der Waals surface area contributed by atoms with Crippen molar-refractivity contribution in [2.75, 3.05) is 6.54 Å². The number of carboxylic acid groups (broad SMARTS) is 1. The number of hydrogen-bond acceptors (Lipinski definition) is 4. The molecule has 0 aromatic carbocycles. The monoisotopic (exact) mass is 173 g/mol. The van der Waals surface area contributed by atoms with Crippen molar-refractivity contribution in [2.45, 2.75) is 18.5 Å². The summed E-state index contributed by atoms with van der Waals surface area (Å²) in [7, 11) is 0. The van der Waals surface area contributed by atoms with Crippen molar-refractivity contribution in [3.05, 3.63) is 0 Å². The van der Waals surface area contributed by atoms with E-state index < -0.39 is 30.4 Å². The van der Waals surface area contributed by atoms with Gasteiger partial charge in [0.25, 0.3) is 5.91 Å². The fourth-order valence-electron chi connectivity index (χ4n) is 1.27. The maximum atomic E-state index is 11.0. The van der Waals surface area contributed by atoms with Crippen LogP contribution in [0, 0.1) is 0 Å². The van der Waals surface area contributed by atoms with E-state index in [1.807, 2.05) is 0 Å². The SMILES string of the molecule is O=C(O)C1OC2CNC(=O)C1O2. The van der Waals surface area contributed by atoms with Crippen molar-refractivity contribution < 1.29 is 24.2 Å². The molecule has 3 atom stereocenters. The molecule has 2 rings (SSSR count). The summed E-state index contributed by atoms with van der Waals surface area (Å²) in [6, 6.07) is 0. The van der Waals surface area contributed by atoms with Gasteiger partial charge in [0.05, 0.1) is 6.54 Å². The first-order valence-electron chi connectivity index (χ1n) is 3.50. The van der Waals surface area contributed by atoms with Crippen LogP contribution in [0.4, 0.5) is 0 Å². The van der Waals surface area contributed by atoms with E-state index in [1.165, 1.54) is 0 Å². The normalized spacial score (nSPS) is 39.3. The number of hydrogen-bond donors (Lipinski definition) is 2. The van der Waals surface area contributed by atoms with Crippen LogP contribution in [0.25, 0.3) is 0 Å². The highest BCUT2D eigenvalue weighted by Crippen LogP contribution is 2.22. The Hall–Kier alpha value is -1.14. The quantitative estimate of drug-likeness (QED) is 0.494. The Bertz CT molecular complexity index is 240. The first kappa shape index (κ1) is 7.51. The van der Waals surface area contributed by atoms with Gasteiger partial charge in [-0.05, 0) is 0 Å². The zero-order valence-corrected chi connectivity index (χ0v) is 6.02. The molecule has 12 heavy (non-hydrogen) atoms. The van der Waals surface area contributed by atoms with Crippen LogP contribution in [0.15, 0.2) is 0 Å². The van der Waals surface area contributed by atoms with Gasteiger partial charge in [0.2, 0.25) is 0 Å². The highest BCUT2D eigenvalue weighted by Gasteiger charge is 2.48. The van der Waals surface area contributed by atoms with Gasteiger partial charge in [-0.1, -0.05) is 0 Å². The van der Waals surface area contributed by atoms with Gasteiger partial charge in [0.15, 0.2) is 18.5 Å². The molecule has 2 heterocycles. The van der Waals surface area contributed by atoms with Crippen LogP contribution in [-0.4, -0.2) is 42.0 Å². The minimum atomic E-state index is -1.17. The number of rotatable bonds is 1. The Labute approximate surface area is 67.4 Å². The molecule has 0 radical (unpaired) electrons. The second-order valence-electron chi connectivity index (χ2n) is 2.63. The first-order chi connectivity index (χ1) is 5.68. The van der Waals surface area contributed by atoms with Crippen molar-refractivity contribution in [3.8, 4) is 0 Å². The lowest BCUT2D eigenvalue weighted by molar-refractivity contribution is -0.150. The van der Waals surface area contributed by atoms with E-state index in [-0.39, 0.29) is 6.54 Å². The number of carboxylic acids is 1. The van der Waals surface area contributed by atoms with Crippen molar-refractivity contribution in [1.29, 1.82) is 0 Å². The molecule has 2 saturated heterocycles. The van der Waals surface area contributed by atoms with Crippen LogP contribution in [-0.2, 0) is 19.1 Å². The van der Waals surface area contributed by atoms with E-state index in [9.17, 15) is 9.59 Å². The molecule has 3 unspecified atom stereocenters. The average molecular weight is 173 g/mol. The standard InChI is InChI=1S/C6H7NO5/c8-5-3-4(6(9)10)12-2(11-3)1-7-5/h2-4H,1H2,(H,7,8)(H,9,10). The van der Waals surface area contributed by atoms with Crippen LogP contribution in [0.5, 0.6) is 0 Å². The lowest BCUT2D eigenvalue weighted by Crippen LogP contribution is -2.47. The van der Waals surface area contributed by atoms with E-state index in [0.717, 1.165) is 0 Å². The predicted molar refractivity (Wildman–Crippen MR) is 34.2 cm³/mol. The average Bonchev–Trinajstić information content (AvgIpc) is 2.37. The highest BCUT2D eigenvalue weighted by molar-refractivity contribution is 5.89. The Morgan fingerprint density at radius 3 is 3.00 bits per heavy atom. The zero-order valence-electron chi connectivity index (χ0n) is 6.02. The summed E-state index contributed by atoms with van der Waals surface area (Å²) in [5.74, 6) is -1.59. The highest BCUT2D eigenvalue weighted by atomic mass is 16.7.